The van der Waals surface area contributed by atoms with Crippen LogP contribution in [0.4, 0.5) is 0 Å². The van der Waals surface area contributed by atoms with Gasteiger partial charge in [0.1, 0.15) is 0 Å². The zero-order chi connectivity index (χ0) is 10.2. The third-order valence-electron chi connectivity index (χ3n) is 0.974. The van der Waals surface area contributed by atoms with Gasteiger partial charge in [-0.05, 0) is 0 Å². The van der Waals surface area contributed by atoms with Crippen molar-refractivity contribution in [3.05, 3.63) is 0 Å². The van der Waals surface area contributed by atoms with E-state index in [1.54, 1.807) is 24.8 Å². The Morgan fingerprint density at radius 1 is 0.615 bits per heavy atom. The summed E-state index contributed by atoms with van der Waals surface area (Å²) in [6.07, 6.45) is 6.26. The number of hydrogen-bond donors (Lipinski definition) is 4. The quantitative estimate of drug-likeness (QED) is 0.256. The first-order valence-corrected chi connectivity index (χ1v) is 8.60. The predicted octanol–water partition coefficient (Wildman–Crippen LogP) is -2.30. The molecule has 0 radical (unpaired) electrons. The molecule has 0 rings (SSSR count). The summed E-state index contributed by atoms with van der Waals surface area (Å²) in [5, 5.41) is 33.3. The molecule has 64 valence electrons. The van der Waals surface area contributed by atoms with Crippen LogP contribution in [0.3, 0.4) is 0 Å². The Hall–Kier alpha value is -2.04. The molecule has 0 saturated heterocycles. The molecule has 0 aliphatic rings. The first kappa shape index (κ1) is 11.0. The van der Waals surface area contributed by atoms with Crippen LogP contribution < -0.4 is 14.2 Å². The summed E-state index contributed by atoms with van der Waals surface area (Å²) in [7, 11) is 0. The molecule has 0 amide bonds. The number of nitrogens with zero attached hydrogens (tertiary/aromatic N) is 4. The van der Waals surface area contributed by atoms with Gasteiger partial charge in [-0.25, -0.2) is 0 Å². The van der Waals surface area contributed by atoms with E-state index in [1.165, 1.54) is 0 Å². The third kappa shape index (κ3) is 3.24. The van der Waals surface area contributed by atoms with E-state index in [1.807, 2.05) is 0 Å². The van der Waals surface area contributed by atoms with Crippen LogP contribution in [0.1, 0.15) is 0 Å². The topological polar surface area (TPSA) is 143 Å². The molecule has 8 nitrogen and oxygen atoms in total. The molecule has 0 aliphatic carbocycles. The van der Waals surface area contributed by atoms with Crippen LogP contribution in [-0.2, 0) is 0 Å². The summed E-state index contributed by atoms with van der Waals surface area (Å²) in [5.41, 5.74) is 0. The fourth-order valence-corrected chi connectivity index (χ4v) is 3.51. The van der Waals surface area contributed by atoms with Gasteiger partial charge < -0.3 is 0 Å². The molecule has 0 heterocycles. The fourth-order valence-electron chi connectivity index (χ4n) is 0.523. The van der Waals surface area contributed by atoms with Crippen LogP contribution in [0.25, 0.3) is 0 Å². The van der Waals surface area contributed by atoms with E-state index in [9.17, 15) is 0 Å². The van der Waals surface area contributed by atoms with Gasteiger partial charge >= 0.3 is 79.4 Å². The SMILES string of the molecule is N#C[NH][Sn]([NH]C#N)([NH]C#N)[NH]C#N. The van der Waals surface area contributed by atoms with Gasteiger partial charge in [0.15, 0.2) is 0 Å². The fraction of sp³-hybridized carbons (Fsp3) is 0. The second-order valence-electron chi connectivity index (χ2n) is 1.70. The predicted molar refractivity (Wildman–Crippen MR) is 40.7 cm³/mol. The van der Waals surface area contributed by atoms with Gasteiger partial charge in [-0.2, -0.15) is 0 Å². The molecular formula is C4H4N8Sn. The summed E-state index contributed by atoms with van der Waals surface area (Å²) in [6, 6.07) is 0. The Morgan fingerprint density at radius 2 is 0.846 bits per heavy atom. The zero-order valence-corrected chi connectivity index (χ0v) is 9.14. The summed E-state index contributed by atoms with van der Waals surface area (Å²) in [6.45, 7) is 0. The number of hydrogen-bond acceptors (Lipinski definition) is 8. The molecule has 0 bridgehead atoms. The Bertz CT molecular complexity index is 253. The summed E-state index contributed by atoms with van der Waals surface area (Å²) in [5.74, 6) is 0. The molecule has 0 saturated carbocycles. The van der Waals surface area contributed by atoms with E-state index >= 15 is 0 Å². The van der Waals surface area contributed by atoms with Gasteiger partial charge in [0, 0.05) is 0 Å². The maximum absolute atomic E-state index is 8.32. The van der Waals surface area contributed by atoms with E-state index < -0.39 is 19.5 Å². The monoisotopic (exact) mass is 284 g/mol. The zero-order valence-electron chi connectivity index (χ0n) is 6.29. The van der Waals surface area contributed by atoms with Gasteiger partial charge in [-0.3, -0.25) is 0 Å². The summed E-state index contributed by atoms with van der Waals surface area (Å²) in [4.78, 5) is 0. The van der Waals surface area contributed by atoms with Crippen molar-refractivity contribution in [2.45, 2.75) is 0 Å². The molecule has 4 N–H and O–H groups in total. The van der Waals surface area contributed by atoms with Crippen LogP contribution in [0.5, 0.6) is 0 Å². The summed E-state index contributed by atoms with van der Waals surface area (Å²) < 4.78 is 8.85. The van der Waals surface area contributed by atoms with Crippen molar-refractivity contribution in [2.24, 2.45) is 0 Å². The van der Waals surface area contributed by atoms with Crippen molar-refractivity contribution < 1.29 is 0 Å². The van der Waals surface area contributed by atoms with E-state index in [4.69, 9.17) is 21.0 Å². The average Bonchev–Trinajstić information content (AvgIpc) is 2.06. The Labute approximate surface area is 79.6 Å². The second kappa shape index (κ2) is 5.59. The normalized spacial score (nSPS) is 7.69. The van der Waals surface area contributed by atoms with Gasteiger partial charge in [-0.1, -0.05) is 0 Å². The minimum atomic E-state index is -4.01. The first-order valence-electron chi connectivity index (χ1n) is 2.89. The van der Waals surface area contributed by atoms with Crippen molar-refractivity contribution in [1.82, 2.24) is 14.2 Å². The van der Waals surface area contributed by atoms with Crippen LogP contribution in [0.2, 0.25) is 0 Å². The third-order valence-corrected chi connectivity index (χ3v) is 6.53. The number of nitrogens with one attached hydrogen (secondary N) is 4. The molecular weight excluding hydrogens is 279 g/mol. The van der Waals surface area contributed by atoms with Crippen LogP contribution in [0, 0.1) is 45.8 Å². The number of rotatable bonds is 4. The molecule has 0 fully saturated rings. The van der Waals surface area contributed by atoms with Crippen LogP contribution >= 0.6 is 0 Å². The van der Waals surface area contributed by atoms with Gasteiger partial charge in [0.25, 0.3) is 0 Å². The Kier molecular flexibility index (Phi) is 4.71. The maximum atomic E-state index is 8.32. The average molecular weight is 283 g/mol. The Morgan fingerprint density at radius 3 is 1.00 bits per heavy atom. The number of nitriles is 4. The van der Waals surface area contributed by atoms with Crippen molar-refractivity contribution in [3.63, 3.8) is 0 Å². The molecule has 9 heteroatoms. The molecule has 0 aromatic heterocycles. The van der Waals surface area contributed by atoms with Crippen molar-refractivity contribution >= 4 is 19.5 Å². The standard InChI is InChI=1S/4CHN2.Sn/c4*2-1-3;/h4*2H;/q4*-1;+4. The molecule has 0 aromatic rings. The molecule has 0 atom stereocenters. The van der Waals surface area contributed by atoms with Gasteiger partial charge in [0.2, 0.25) is 0 Å². The van der Waals surface area contributed by atoms with Crippen molar-refractivity contribution in [1.29, 1.82) is 21.0 Å². The first-order chi connectivity index (χ1) is 6.24. The van der Waals surface area contributed by atoms with E-state index in [0.29, 0.717) is 0 Å². The van der Waals surface area contributed by atoms with Gasteiger partial charge in [-0.15, -0.1) is 0 Å². The molecule has 0 unspecified atom stereocenters. The Balaban J connectivity index is 4.66. The minimum absolute atomic E-state index is 1.57. The van der Waals surface area contributed by atoms with E-state index in [-0.39, 0.29) is 0 Å². The second-order valence-corrected chi connectivity index (χ2v) is 8.83. The molecule has 0 aromatic carbocycles. The van der Waals surface area contributed by atoms with Crippen LogP contribution in [0.15, 0.2) is 0 Å². The van der Waals surface area contributed by atoms with Crippen LogP contribution in [-0.4, -0.2) is 19.5 Å². The van der Waals surface area contributed by atoms with E-state index in [2.05, 4.69) is 14.2 Å². The summed E-state index contributed by atoms with van der Waals surface area (Å²) >= 11 is -4.01. The van der Waals surface area contributed by atoms with Gasteiger partial charge in [0.05, 0.1) is 0 Å². The molecule has 0 aliphatic heterocycles. The molecule has 0 spiro atoms. The molecule has 13 heavy (non-hydrogen) atoms. The van der Waals surface area contributed by atoms with Crippen molar-refractivity contribution in [3.8, 4) is 24.8 Å². The van der Waals surface area contributed by atoms with E-state index in [0.717, 1.165) is 0 Å². The van der Waals surface area contributed by atoms with Crippen molar-refractivity contribution in [2.75, 3.05) is 0 Å².